The van der Waals surface area contributed by atoms with Crippen molar-refractivity contribution in [2.75, 3.05) is 14.2 Å². The molecule has 0 amide bonds. The second-order valence-electron chi connectivity index (χ2n) is 9.54. The SMILES string of the molecule is CO[C@@H](C)c1c(C(=O)O)cnc2cc(F)nn12.CO[C@@H](C)c1c(CC(=O)Cc2ccnc(C(F)F)c2)cnc2cc(F)nn12.[2HH].[2H][2H].[2H][2H].[2H][2H].[2H][2H].[2H][2H]. The molecule has 12 nitrogen and oxygen atoms in total. The normalized spacial score (nSPS) is 13.7. The van der Waals surface area contributed by atoms with Crippen molar-refractivity contribution in [3.63, 3.8) is 0 Å². The van der Waals surface area contributed by atoms with Crippen LogP contribution < -0.4 is 0 Å². The van der Waals surface area contributed by atoms with Crippen LogP contribution in [0.1, 0.15) is 87.3 Å². The summed E-state index contributed by atoms with van der Waals surface area (Å²) in [6.45, 7) is 3.40. The number of carboxylic acid groups (broad SMARTS) is 1. The number of alkyl halides is 2. The molecule has 0 saturated heterocycles. The molecule has 0 radical (unpaired) electrons. The Hall–Kier alpha value is -4.83. The number of fused-ring (bicyclic) bond motifs is 2. The van der Waals surface area contributed by atoms with Gasteiger partial charge in [0.15, 0.2) is 11.3 Å². The Kier molecular flexibility index (Phi) is 7.95. The zero-order valence-electron chi connectivity index (χ0n) is 33.9. The Labute approximate surface area is 264 Å². The third-order valence-electron chi connectivity index (χ3n) is 6.63. The second-order valence-corrected chi connectivity index (χ2v) is 9.54. The van der Waals surface area contributed by atoms with Gasteiger partial charge in [-0.15, -0.1) is 10.2 Å². The van der Waals surface area contributed by atoms with E-state index in [9.17, 15) is 27.2 Å². The summed E-state index contributed by atoms with van der Waals surface area (Å²) in [5.74, 6) is -2.77. The van der Waals surface area contributed by atoms with Crippen LogP contribution in [0.4, 0.5) is 17.6 Å². The van der Waals surface area contributed by atoms with Crippen LogP contribution >= 0.6 is 0 Å². The minimum absolute atomic E-state index is 0. The fourth-order valence-electron chi connectivity index (χ4n) is 4.46. The van der Waals surface area contributed by atoms with Crippen LogP contribution in [-0.4, -0.2) is 65.3 Å². The number of pyridine rings is 1. The molecule has 0 aromatic carbocycles. The van der Waals surface area contributed by atoms with Gasteiger partial charge < -0.3 is 14.6 Å². The van der Waals surface area contributed by atoms with Crippen molar-refractivity contribution in [1.29, 1.82) is 0 Å². The van der Waals surface area contributed by atoms with Gasteiger partial charge in [-0.05, 0) is 31.5 Å². The molecule has 0 bridgehead atoms. The molecule has 1 N–H and O–H groups in total. The highest BCUT2D eigenvalue weighted by atomic mass is 19.3. The highest BCUT2D eigenvalue weighted by Crippen LogP contribution is 2.24. The first-order chi connectivity index (χ1) is 25.9. The molecule has 0 fully saturated rings. The van der Waals surface area contributed by atoms with Gasteiger partial charge in [0.05, 0.1) is 23.6 Å². The fraction of sp³-hybridized carbons (Fsp3) is 0.321. The van der Waals surface area contributed by atoms with E-state index in [4.69, 9.17) is 29.4 Å². The lowest BCUT2D eigenvalue weighted by atomic mass is 10.0. The van der Waals surface area contributed by atoms with E-state index in [-0.39, 0.29) is 42.7 Å². The number of hydrogen-bond donors (Lipinski definition) is 1. The predicted molar refractivity (Wildman–Crippen MR) is 158 cm³/mol. The molecular formula is C28H39F4N7O5. The maximum absolute atomic E-state index is 13.5. The summed E-state index contributed by atoms with van der Waals surface area (Å²) in [6.07, 6.45) is 0.169. The first kappa shape index (κ1) is 25.6. The van der Waals surface area contributed by atoms with E-state index in [0.717, 1.165) is 10.6 Å². The van der Waals surface area contributed by atoms with Crippen LogP contribution in [0.15, 0.2) is 42.9 Å². The van der Waals surface area contributed by atoms with Crippen LogP contribution in [0.25, 0.3) is 11.3 Å². The van der Waals surface area contributed by atoms with Crippen molar-refractivity contribution in [3.05, 3.63) is 88.5 Å². The molecule has 5 rings (SSSR count). The van der Waals surface area contributed by atoms with Crippen molar-refractivity contribution in [3.8, 4) is 0 Å². The van der Waals surface area contributed by atoms with Gasteiger partial charge in [-0.2, -0.15) is 8.78 Å². The molecule has 0 aliphatic carbocycles. The summed E-state index contributed by atoms with van der Waals surface area (Å²) in [4.78, 5) is 35.1. The topological polar surface area (TPSA) is 146 Å². The van der Waals surface area contributed by atoms with Crippen molar-refractivity contribution in [2.24, 2.45) is 0 Å². The van der Waals surface area contributed by atoms with Gasteiger partial charge in [0.25, 0.3) is 6.43 Å². The zero-order valence-corrected chi connectivity index (χ0v) is 23.9. The number of ether oxygens (including phenoxy) is 2. The summed E-state index contributed by atoms with van der Waals surface area (Å²) in [5, 5.41) is 16.4. The van der Waals surface area contributed by atoms with Gasteiger partial charge in [-0.25, -0.2) is 32.6 Å². The third kappa shape index (κ3) is 7.03. The van der Waals surface area contributed by atoms with Crippen LogP contribution in [0.5, 0.6) is 0 Å². The molecule has 16 heteroatoms. The summed E-state index contributed by atoms with van der Waals surface area (Å²) in [6, 6.07) is 5.04. The van der Waals surface area contributed by atoms with Gasteiger partial charge in [-0.3, -0.25) is 9.78 Å². The van der Waals surface area contributed by atoms with E-state index in [1.165, 1.54) is 55.5 Å². The van der Waals surface area contributed by atoms with Gasteiger partial charge in [0.1, 0.15) is 17.0 Å². The summed E-state index contributed by atoms with van der Waals surface area (Å²) < 4.78 is 115. The van der Waals surface area contributed by atoms with E-state index >= 15 is 0 Å². The number of methoxy groups -OCH3 is 2. The standard InChI is InChI=1S/C18H17F3N4O2.C10H10FN3O3.6H2/c1-10(27-2)17-12(9-23-16-8-15(19)24-25(16)17)7-13(26)5-11-3-4-22-14(6-11)18(20)21;1-5(17-2)9-6(10(15)16)4-12-8-3-7(11)13-14(8)9;;;;;;/h3-4,6,8-10,18H,5,7H2,1-2H3;3-5H,1-2H3,(H,15,16);6*1H/t10-;5-;;;;;;/m00....../s1/i;;5*1+1D;1+1. The molecule has 44 heavy (non-hydrogen) atoms. The Bertz CT molecular complexity index is 1850. The van der Waals surface area contributed by atoms with E-state index in [0.29, 0.717) is 22.5 Å². The monoisotopic (exact) mass is 640 g/mol. The van der Waals surface area contributed by atoms with Crippen molar-refractivity contribution >= 4 is 23.0 Å². The number of halogens is 4. The maximum atomic E-state index is 13.5. The second kappa shape index (κ2) is 13.6. The molecular weight excluding hydrogens is 590 g/mol. The molecule has 0 aliphatic heterocycles. The number of carbonyl (C=O) groups is 2. The lowest BCUT2D eigenvalue weighted by Crippen LogP contribution is -2.15. The van der Waals surface area contributed by atoms with Crippen LogP contribution in [0, 0.1) is 11.9 Å². The van der Waals surface area contributed by atoms with Crippen molar-refractivity contribution in [1.82, 2.24) is 34.2 Å². The first-order valence-electron chi connectivity index (χ1n) is 18.0. The highest BCUT2D eigenvalue weighted by Gasteiger charge is 2.22. The quantitative estimate of drug-likeness (QED) is 0.180. The number of ketones is 1. The van der Waals surface area contributed by atoms with Gasteiger partial charge in [0.2, 0.25) is 11.9 Å². The summed E-state index contributed by atoms with van der Waals surface area (Å²) >= 11 is 0. The number of aromatic carboxylic acids is 1. The average Bonchev–Trinajstić information content (AvgIpc) is 3.78. The summed E-state index contributed by atoms with van der Waals surface area (Å²) in [7, 11) is 2.92. The largest absolute Gasteiger partial charge is 0.478 e. The number of carbonyl (C=O) groups excluding carboxylic acids is 1. The molecule has 0 saturated carbocycles. The molecule has 5 aromatic heterocycles. The van der Waals surface area contributed by atoms with E-state index in [1.54, 1.807) is 13.8 Å². The average molecular weight is 641 g/mol. The molecule has 5 aromatic rings. The molecule has 244 valence electrons. The van der Waals surface area contributed by atoms with Crippen LogP contribution in [0.2, 0.25) is 0 Å². The molecule has 2 atom stereocenters. The first-order valence-corrected chi connectivity index (χ1v) is 13.0. The van der Waals surface area contributed by atoms with Gasteiger partial charge in [-0.1, -0.05) is 0 Å². The van der Waals surface area contributed by atoms with Crippen LogP contribution in [-0.2, 0) is 27.1 Å². The maximum Gasteiger partial charge on any atom is 0.339 e. The molecule has 0 unspecified atom stereocenters. The number of aromatic nitrogens is 7. The minimum atomic E-state index is -2.70. The van der Waals surface area contributed by atoms with E-state index in [1.807, 2.05) is 0 Å². The van der Waals surface area contributed by atoms with E-state index < -0.39 is 36.5 Å². The zero-order chi connectivity index (χ0) is 42.1. The number of nitrogens with zero attached hydrogens (tertiary/aromatic N) is 7. The minimum Gasteiger partial charge on any atom is -0.478 e. The summed E-state index contributed by atoms with van der Waals surface area (Å²) in [5.41, 5.74) is 1.87. The van der Waals surface area contributed by atoms with Gasteiger partial charge in [0, 0.05) is 79.6 Å². The number of carboxylic acids is 1. The highest BCUT2D eigenvalue weighted by molar-refractivity contribution is 5.89. The molecule has 0 aliphatic rings. The Morgan fingerprint density at radius 1 is 0.909 bits per heavy atom. The van der Waals surface area contributed by atoms with Crippen LogP contribution in [0.3, 0.4) is 0 Å². The molecule has 0 spiro atoms. The fourth-order valence-corrected chi connectivity index (χ4v) is 4.46. The number of Topliss-reactive ketones (excluding diaryl/α,β-unsaturated/α-hetero) is 1. The Morgan fingerprint density at radius 3 is 2.05 bits per heavy atom. The Balaban J connectivity index is -0.000000834. The number of hydrogen-bond acceptors (Lipinski definition) is 9. The lowest BCUT2D eigenvalue weighted by Gasteiger charge is -2.16. The van der Waals surface area contributed by atoms with Crippen molar-refractivity contribution in [2.45, 2.75) is 45.3 Å². The smallest absolute Gasteiger partial charge is 0.339 e. The van der Waals surface area contributed by atoms with Gasteiger partial charge >= 0.3 is 5.97 Å². The Morgan fingerprint density at radius 2 is 1.48 bits per heavy atom. The predicted octanol–water partition coefficient (Wildman–Crippen LogP) is 6.01. The number of rotatable bonds is 10. The molecule has 5 heterocycles. The van der Waals surface area contributed by atoms with E-state index in [2.05, 4.69) is 25.1 Å². The lowest BCUT2D eigenvalue weighted by molar-refractivity contribution is -0.117. The van der Waals surface area contributed by atoms with Crippen molar-refractivity contribution < 1.29 is 58.0 Å². The third-order valence-corrected chi connectivity index (χ3v) is 6.63.